The lowest BCUT2D eigenvalue weighted by molar-refractivity contribution is 0.410. The summed E-state index contributed by atoms with van der Waals surface area (Å²) >= 11 is 0. The van der Waals surface area contributed by atoms with Crippen LogP contribution in [0.1, 0.15) is 46.5 Å². The van der Waals surface area contributed by atoms with Crippen molar-refractivity contribution in [2.24, 2.45) is 11.7 Å². The average Bonchev–Trinajstić information content (AvgIpc) is 1.98. The highest BCUT2D eigenvalue weighted by atomic mass is 14.6. The van der Waals surface area contributed by atoms with E-state index < -0.39 is 0 Å². The lowest BCUT2D eigenvalue weighted by atomic mass is 9.96. The lowest BCUT2D eigenvalue weighted by Crippen LogP contribution is -2.27. The molecule has 2 N–H and O–H groups in total. The lowest BCUT2D eigenvalue weighted by Gasteiger charge is -2.17. The zero-order valence-corrected chi connectivity index (χ0v) is 7.56. The first-order valence-corrected chi connectivity index (χ1v) is 4.47. The van der Waals surface area contributed by atoms with Crippen molar-refractivity contribution in [2.45, 2.75) is 52.5 Å². The third-order valence-electron chi connectivity index (χ3n) is 2.27. The van der Waals surface area contributed by atoms with Crippen LogP contribution in [0.5, 0.6) is 0 Å². The average molecular weight is 143 g/mol. The highest BCUT2D eigenvalue weighted by Crippen LogP contribution is 2.10. The molecular weight excluding hydrogens is 122 g/mol. The third-order valence-corrected chi connectivity index (χ3v) is 2.27. The summed E-state index contributed by atoms with van der Waals surface area (Å²) in [4.78, 5) is 0. The Kier molecular flexibility index (Phi) is 5.70. The van der Waals surface area contributed by atoms with Gasteiger partial charge >= 0.3 is 0 Å². The van der Waals surface area contributed by atoms with Gasteiger partial charge in [0.25, 0.3) is 0 Å². The predicted molar refractivity (Wildman–Crippen MR) is 47.0 cm³/mol. The summed E-state index contributed by atoms with van der Waals surface area (Å²) in [6.45, 7) is 6.65. The van der Waals surface area contributed by atoms with Gasteiger partial charge in [0.2, 0.25) is 0 Å². The zero-order valence-electron chi connectivity index (χ0n) is 7.56. The predicted octanol–water partition coefficient (Wildman–Crippen LogP) is 2.55. The monoisotopic (exact) mass is 143 g/mol. The molecule has 0 heterocycles. The van der Waals surface area contributed by atoms with E-state index in [2.05, 4.69) is 20.8 Å². The molecule has 62 valence electrons. The van der Waals surface area contributed by atoms with Gasteiger partial charge in [0, 0.05) is 6.04 Å². The Bertz CT molecular complexity index is 71.1. The molecule has 2 atom stereocenters. The van der Waals surface area contributed by atoms with E-state index >= 15 is 0 Å². The normalized spacial score (nSPS) is 16.8. The molecule has 0 aliphatic heterocycles. The first-order valence-electron chi connectivity index (χ1n) is 4.47. The Balaban J connectivity index is 3.31. The van der Waals surface area contributed by atoms with E-state index in [9.17, 15) is 0 Å². The fraction of sp³-hybridized carbons (Fsp3) is 1.00. The number of hydrogen-bond acceptors (Lipinski definition) is 1. The van der Waals surface area contributed by atoms with Crippen molar-refractivity contribution >= 4 is 0 Å². The summed E-state index contributed by atoms with van der Waals surface area (Å²) in [6.07, 6.45) is 4.96. The van der Waals surface area contributed by atoms with E-state index in [-0.39, 0.29) is 0 Å². The van der Waals surface area contributed by atoms with Crippen molar-refractivity contribution in [3.8, 4) is 0 Å². The number of unbranched alkanes of at least 4 members (excludes halogenated alkanes) is 1. The van der Waals surface area contributed by atoms with Gasteiger partial charge < -0.3 is 5.73 Å². The maximum absolute atomic E-state index is 5.91. The molecule has 0 amide bonds. The highest BCUT2D eigenvalue weighted by molar-refractivity contribution is 4.66. The van der Waals surface area contributed by atoms with Crippen LogP contribution in [0.3, 0.4) is 0 Å². The smallest absolute Gasteiger partial charge is 0.00644 e. The molecule has 0 aromatic rings. The first kappa shape index (κ1) is 9.96. The molecule has 1 nitrogen and oxygen atoms in total. The number of rotatable bonds is 5. The van der Waals surface area contributed by atoms with Gasteiger partial charge in [-0.1, -0.05) is 40.0 Å². The Morgan fingerprint density at radius 2 is 1.90 bits per heavy atom. The van der Waals surface area contributed by atoms with Gasteiger partial charge in [0.05, 0.1) is 0 Å². The standard InChI is InChI=1S/C9H21N/c1-4-6-7-9(10)8(3)5-2/h8-9H,4-7,10H2,1-3H3/t8-,9+/m0/s1. The minimum Gasteiger partial charge on any atom is -0.327 e. The molecule has 0 aliphatic rings. The summed E-state index contributed by atoms with van der Waals surface area (Å²) in [7, 11) is 0. The van der Waals surface area contributed by atoms with E-state index in [1.807, 2.05) is 0 Å². The van der Waals surface area contributed by atoms with Gasteiger partial charge in [-0.3, -0.25) is 0 Å². The van der Waals surface area contributed by atoms with Crippen LogP contribution in [0.2, 0.25) is 0 Å². The van der Waals surface area contributed by atoms with Crippen LogP contribution in [-0.2, 0) is 0 Å². The summed E-state index contributed by atoms with van der Waals surface area (Å²) in [6, 6.07) is 0.435. The van der Waals surface area contributed by atoms with Crippen LogP contribution in [-0.4, -0.2) is 6.04 Å². The van der Waals surface area contributed by atoms with E-state index in [0.29, 0.717) is 12.0 Å². The van der Waals surface area contributed by atoms with Crippen LogP contribution >= 0.6 is 0 Å². The fourth-order valence-electron chi connectivity index (χ4n) is 1.03. The number of nitrogens with two attached hydrogens (primary N) is 1. The second-order valence-corrected chi connectivity index (χ2v) is 3.19. The first-order chi connectivity index (χ1) is 4.72. The topological polar surface area (TPSA) is 26.0 Å². The molecular formula is C9H21N. The van der Waals surface area contributed by atoms with Crippen LogP contribution < -0.4 is 5.73 Å². The van der Waals surface area contributed by atoms with Crippen molar-refractivity contribution < 1.29 is 0 Å². The minimum absolute atomic E-state index is 0.435. The molecule has 0 radical (unpaired) electrons. The highest BCUT2D eigenvalue weighted by Gasteiger charge is 2.08. The van der Waals surface area contributed by atoms with E-state index in [0.717, 1.165) is 0 Å². The van der Waals surface area contributed by atoms with Gasteiger partial charge in [0.1, 0.15) is 0 Å². The SMILES string of the molecule is CCCC[C@@H](N)[C@@H](C)CC. The van der Waals surface area contributed by atoms with Crippen molar-refractivity contribution in [3.05, 3.63) is 0 Å². The summed E-state index contributed by atoms with van der Waals surface area (Å²) in [5.41, 5.74) is 5.91. The zero-order chi connectivity index (χ0) is 7.98. The van der Waals surface area contributed by atoms with Crippen molar-refractivity contribution in [1.29, 1.82) is 0 Å². The molecule has 0 spiro atoms. The summed E-state index contributed by atoms with van der Waals surface area (Å²) in [5.74, 6) is 0.701. The number of hydrogen-bond donors (Lipinski definition) is 1. The van der Waals surface area contributed by atoms with E-state index in [1.165, 1.54) is 25.7 Å². The van der Waals surface area contributed by atoms with Crippen LogP contribution in [0.4, 0.5) is 0 Å². The van der Waals surface area contributed by atoms with Crippen molar-refractivity contribution in [3.63, 3.8) is 0 Å². The summed E-state index contributed by atoms with van der Waals surface area (Å²) < 4.78 is 0. The Morgan fingerprint density at radius 1 is 1.30 bits per heavy atom. The van der Waals surface area contributed by atoms with Crippen LogP contribution in [0, 0.1) is 5.92 Å². The van der Waals surface area contributed by atoms with Gasteiger partial charge in [-0.05, 0) is 12.3 Å². The van der Waals surface area contributed by atoms with E-state index in [4.69, 9.17) is 5.73 Å². The van der Waals surface area contributed by atoms with Gasteiger partial charge in [0.15, 0.2) is 0 Å². The van der Waals surface area contributed by atoms with Crippen LogP contribution in [0.25, 0.3) is 0 Å². The largest absolute Gasteiger partial charge is 0.327 e. The van der Waals surface area contributed by atoms with Gasteiger partial charge in [-0.15, -0.1) is 0 Å². The molecule has 0 aromatic carbocycles. The second-order valence-electron chi connectivity index (χ2n) is 3.19. The van der Waals surface area contributed by atoms with Crippen molar-refractivity contribution in [1.82, 2.24) is 0 Å². The maximum Gasteiger partial charge on any atom is 0.00644 e. The Labute approximate surface area is 65.0 Å². The molecule has 0 aromatic heterocycles. The molecule has 0 rings (SSSR count). The van der Waals surface area contributed by atoms with Crippen LogP contribution in [0.15, 0.2) is 0 Å². The van der Waals surface area contributed by atoms with Gasteiger partial charge in [-0.2, -0.15) is 0 Å². The molecule has 0 fully saturated rings. The molecule has 0 saturated carbocycles. The molecule has 1 heteroatoms. The third kappa shape index (κ3) is 3.89. The van der Waals surface area contributed by atoms with Gasteiger partial charge in [-0.25, -0.2) is 0 Å². The minimum atomic E-state index is 0.435. The second kappa shape index (κ2) is 5.72. The fourth-order valence-corrected chi connectivity index (χ4v) is 1.03. The quantitative estimate of drug-likeness (QED) is 0.629. The van der Waals surface area contributed by atoms with E-state index in [1.54, 1.807) is 0 Å². The molecule has 0 saturated heterocycles. The summed E-state index contributed by atoms with van der Waals surface area (Å²) in [5, 5.41) is 0. The van der Waals surface area contributed by atoms with Crippen molar-refractivity contribution in [2.75, 3.05) is 0 Å². The Morgan fingerprint density at radius 3 is 2.30 bits per heavy atom. The maximum atomic E-state index is 5.91. The molecule has 0 bridgehead atoms. The molecule has 0 unspecified atom stereocenters. The Hall–Kier alpha value is -0.0400. The molecule has 0 aliphatic carbocycles. The molecule has 10 heavy (non-hydrogen) atoms.